The maximum Gasteiger partial charge on any atom is 0.257 e. The monoisotopic (exact) mass is 404 g/mol. The highest BCUT2D eigenvalue weighted by Gasteiger charge is 2.10. The summed E-state index contributed by atoms with van der Waals surface area (Å²) in [6.45, 7) is 0. The molecule has 4 rings (SSSR count). The van der Waals surface area contributed by atoms with E-state index in [1.165, 1.54) is 22.5 Å². The van der Waals surface area contributed by atoms with Gasteiger partial charge in [-0.2, -0.15) is 0 Å². The predicted octanol–water partition coefficient (Wildman–Crippen LogP) is 6.31. The number of hydrogen-bond acceptors (Lipinski definition) is 3. The van der Waals surface area contributed by atoms with Crippen LogP contribution in [-0.2, 0) is 6.42 Å². The Morgan fingerprint density at radius 3 is 2.29 bits per heavy atom. The summed E-state index contributed by atoms with van der Waals surface area (Å²) >= 11 is 7.32. The van der Waals surface area contributed by atoms with Gasteiger partial charge in [0.2, 0.25) is 0 Å². The lowest BCUT2D eigenvalue weighted by Crippen LogP contribution is -2.11. The van der Waals surface area contributed by atoms with Crippen molar-refractivity contribution in [2.24, 2.45) is 0 Å². The summed E-state index contributed by atoms with van der Waals surface area (Å²) in [5.74, 6) is -0.164. The number of hydrogen-bond donors (Lipinski definition) is 1. The molecular formula is C23H17ClN2OS. The van der Waals surface area contributed by atoms with Crippen molar-refractivity contribution in [3.8, 4) is 11.3 Å². The molecule has 0 unspecified atom stereocenters. The Kier molecular flexibility index (Phi) is 5.51. The lowest BCUT2D eigenvalue weighted by molar-refractivity contribution is 0.102. The fourth-order valence-corrected chi connectivity index (χ4v) is 3.70. The number of carbonyl (C=O) groups excluding carboxylic acids is 1. The smallest absolute Gasteiger partial charge is 0.257 e. The fraction of sp³-hybridized carbons (Fsp3) is 0.0435. The molecule has 0 fully saturated rings. The van der Waals surface area contributed by atoms with E-state index in [0.29, 0.717) is 15.7 Å². The average molecular weight is 405 g/mol. The van der Waals surface area contributed by atoms with Gasteiger partial charge in [-0.05, 0) is 41.8 Å². The molecule has 0 aliphatic heterocycles. The van der Waals surface area contributed by atoms with Crippen LogP contribution in [0.15, 0.2) is 84.2 Å². The normalized spacial score (nSPS) is 10.6. The Bertz CT molecular complexity index is 1070. The molecule has 1 heterocycles. The van der Waals surface area contributed by atoms with Crippen LogP contribution in [0.5, 0.6) is 0 Å². The van der Waals surface area contributed by atoms with E-state index in [9.17, 15) is 4.79 Å². The minimum atomic E-state index is -0.164. The van der Waals surface area contributed by atoms with E-state index >= 15 is 0 Å². The number of halogens is 1. The maximum absolute atomic E-state index is 12.5. The van der Waals surface area contributed by atoms with Crippen LogP contribution in [0.1, 0.15) is 21.5 Å². The number of anilines is 1. The van der Waals surface area contributed by atoms with E-state index in [0.717, 1.165) is 17.7 Å². The van der Waals surface area contributed by atoms with E-state index in [2.05, 4.69) is 22.4 Å². The Morgan fingerprint density at radius 1 is 0.893 bits per heavy atom. The van der Waals surface area contributed by atoms with Crippen molar-refractivity contribution < 1.29 is 4.79 Å². The SMILES string of the molecule is O=C(Nc1nc(-c2ccc(Cl)cc2)cs1)c1ccc(Cc2ccccc2)cc1. The number of thiazole rings is 1. The second-order valence-corrected chi connectivity index (χ2v) is 7.65. The lowest BCUT2D eigenvalue weighted by Gasteiger charge is -2.05. The zero-order valence-corrected chi connectivity index (χ0v) is 16.5. The van der Waals surface area contributed by atoms with Gasteiger partial charge in [0.1, 0.15) is 0 Å². The van der Waals surface area contributed by atoms with Crippen molar-refractivity contribution in [3.63, 3.8) is 0 Å². The number of amides is 1. The Morgan fingerprint density at radius 2 is 1.57 bits per heavy atom. The fourth-order valence-electron chi connectivity index (χ4n) is 2.86. The number of rotatable bonds is 5. The molecule has 1 aromatic heterocycles. The zero-order valence-electron chi connectivity index (χ0n) is 14.9. The lowest BCUT2D eigenvalue weighted by atomic mass is 10.0. The van der Waals surface area contributed by atoms with Crippen LogP contribution in [0, 0.1) is 0 Å². The molecule has 0 bridgehead atoms. The summed E-state index contributed by atoms with van der Waals surface area (Å²) < 4.78 is 0. The number of carbonyl (C=O) groups is 1. The van der Waals surface area contributed by atoms with Crippen molar-refractivity contribution in [1.82, 2.24) is 4.98 Å². The summed E-state index contributed by atoms with van der Waals surface area (Å²) in [7, 11) is 0. The predicted molar refractivity (Wildman–Crippen MR) is 116 cm³/mol. The molecule has 0 saturated carbocycles. The van der Waals surface area contributed by atoms with Gasteiger partial charge in [0.05, 0.1) is 5.69 Å². The van der Waals surface area contributed by atoms with Gasteiger partial charge >= 0.3 is 0 Å². The molecule has 0 spiro atoms. The highest BCUT2D eigenvalue weighted by atomic mass is 35.5. The molecule has 0 aliphatic rings. The maximum atomic E-state index is 12.5. The van der Waals surface area contributed by atoms with Crippen LogP contribution in [0.3, 0.4) is 0 Å². The Labute approximate surface area is 172 Å². The molecule has 3 nitrogen and oxygen atoms in total. The Hall–Kier alpha value is -2.95. The third-order valence-corrected chi connectivity index (χ3v) is 5.34. The average Bonchev–Trinajstić information content (AvgIpc) is 3.18. The van der Waals surface area contributed by atoms with Crippen LogP contribution in [0.25, 0.3) is 11.3 Å². The number of benzene rings is 3. The van der Waals surface area contributed by atoms with E-state index in [1.807, 2.05) is 72.1 Å². The van der Waals surface area contributed by atoms with Crippen LogP contribution >= 0.6 is 22.9 Å². The highest BCUT2D eigenvalue weighted by Crippen LogP contribution is 2.26. The largest absolute Gasteiger partial charge is 0.298 e. The van der Waals surface area contributed by atoms with Gasteiger partial charge in [-0.15, -0.1) is 11.3 Å². The summed E-state index contributed by atoms with van der Waals surface area (Å²) in [4.78, 5) is 17.0. The third-order valence-electron chi connectivity index (χ3n) is 4.33. The van der Waals surface area contributed by atoms with Crippen molar-refractivity contribution in [1.29, 1.82) is 0 Å². The van der Waals surface area contributed by atoms with Gasteiger partial charge < -0.3 is 0 Å². The van der Waals surface area contributed by atoms with Gasteiger partial charge in [0.25, 0.3) is 5.91 Å². The molecule has 0 aliphatic carbocycles. The topological polar surface area (TPSA) is 42.0 Å². The minimum Gasteiger partial charge on any atom is -0.298 e. The second-order valence-electron chi connectivity index (χ2n) is 6.36. The zero-order chi connectivity index (χ0) is 19.3. The van der Waals surface area contributed by atoms with E-state index < -0.39 is 0 Å². The van der Waals surface area contributed by atoms with Crippen LogP contribution < -0.4 is 5.32 Å². The van der Waals surface area contributed by atoms with Gasteiger partial charge in [0.15, 0.2) is 5.13 Å². The molecule has 1 amide bonds. The Balaban J connectivity index is 1.42. The molecule has 3 aromatic carbocycles. The number of nitrogens with one attached hydrogen (secondary N) is 1. The standard InChI is InChI=1S/C23H17ClN2OS/c24-20-12-10-18(11-13-20)21-15-28-23(25-21)26-22(27)19-8-6-17(7-9-19)14-16-4-2-1-3-5-16/h1-13,15H,14H2,(H,25,26,27). The number of aromatic nitrogens is 1. The molecule has 138 valence electrons. The molecule has 28 heavy (non-hydrogen) atoms. The minimum absolute atomic E-state index is 0.164. The van der Waals surface area contributed by atoms with Crippen molar-refractivity contribution >= 4 is 34.0 Å². The van der Waals surface area contributed by atoms with Gasteiger partial charge in [-0.3, -0.25) is 10.1 Å². The molecule has 0 radical (unpaired) electrons. The molecule has 5 heteroatoms. The molecule has 1 N–H and O–H groups in total. The van der Waals surface area contributed by atoms with Crippen molar-refractivity contribution in [3.05, 3.63) is 106 Å². The summed E-state index contributed by atoms with van der Waals surface area (Å²) in [5, 5.41) is 6.05. The highest BCUT2D eigenvalue weighted by molar-refractivity contribution is 7.14. The van der Waals surface area contributed by atoms with Crippen LogP contribution in [-0.4, -0.2) is 10.9 Å². The third kappa shape index (κ3) is 4.47. The summed E-state index contributed by atoms with van der Waals surface area (Å²) in [5.41, 5.74) is 4.81. The van der Waals surface area contributed by atoms with E-state index in [1.54, 1.807) is 0 Å². The summed E-state index contributed by atoms with van der Waals surface area (Å²) in [6.07, 6.45) is 0.847. The molecule has 0 atom stereocenters. The first-order valence-corrected chi connectivity index (χ1v) is 10.1. The molecule has 4 aromatic rings. The van der Waals surface area contributed by atoms with Gasteiger partial charge in [-0.1, -0.05) is 66.2 Å². The van der Waals surface area contributed by atoms with E-state index in [4.69, 9.17) is 11.6 Å². The summed E-state index contributed by atoms with van der Waals surface area (Å²) in [6, 6.07) is 25.4. The van der Waals surface area contributed by atoms with Crippen molar-refractivity contribution in [2.45, 2.75) is 6.42 Å². The van der Waals surface area contributed by atoms with E-state index in [-0.39, 0.29) is 5.91 Å². The van der Waals surface area contributed by atoms with Crippen molar-refractivity contribution in [2.75, 3.05) is 5.32 Å². The second kappa shape index (κ2) is 8.38. The first kappa shape index (κ1) is 18.4. The first-order chi connectivity index (χ1) is 13.7. The molecular weight excluding hydrogens is 388 g/mol. The first-order valence-electron chi connectivity index (χ1n) is 8.83. The quantitative estimate of drug-likeness (QED) is 0.423. The van der Waals surface area contributed by atoms with Crippen LogP contribution in [0.2, 0.25) is 5.02 Å². The molecule has 0 saturated heterocycles. The van der Waals surface area contributed by atoms with Crippen LogP contribution in [0.4, 0.5) is 5.13 Å². The van der Waals surface area contributed by atoms with Gasteiger partial charge in [0, 0.05) is 21.5 Å². The van der Waals surface area contributed by atoms with Gasteiger partial charge in [-0.25, -0.2) is 4.98 Å². The number of nitrogens with zero attached hydrogens (tertiary/aromatic N) is 1.